The molecule has 1 heterocycles. The molecular formula is C11H18N4O. The first-order valence-electron chi connectivity index (χ1n) is 5.30. The van der Waals surface area contributed by atoms with Crippen LogP contribution >= 0.6 is 0 Å². The average molecular weight is 222 g/mol. The third-order valence-corrected chi connectivity index (χ3v) is 1.88. The Morgan fingerprint density at radius 3 is 2.69 bits per heavy atom. The molecule has 0 aliphatic heterocycles. The van der Waals surface area contributed by atoms with Gasteiger partial charge in [0.05, 0.1) is 6.54 Å². The largest absolute Gasteiger partial charge is 0.373 e. The summed E-state index contributed by atoms with van der Waals surface area (Å²) in [6, 6.07) is 5.72. The maximum absolute atomic E-state index is 11.4. The van der Waals surface area contributed by atoms with Gasteiger partial charge in [0.1, 0.15) is 11.6 Å². The predicted octanol–water partition coefficient (Wildman–Crippen LogP) is 1.06. The molecule has 0 radical (unpaired) electrons. The first-order valence-corrected chi connectivity index (χ1v) is 5.30. The molecule has 0 atom stereocenters. The van der Waals surface area contributed by atoms with Gasteiger partial charge in [-0.2, -0.15) is 0 Å². The molecule has 5 heteroatoms. The Balaban J connectivity index is 2.45. The zero-order chi connectivity index (χ0) is 12.0. The molecule has 0 aromatic carbocycles. The highest BCUT2D eigenvalue weighted by Gasteiger charge is 2.03. The second kappa shape index (κ2) is 5.95. The van der Waals surface area contributed by atoms with E-state index in [1.54, 1.807) is 7.05 Å². The van der Waals surface area contributed by atoms with Crippen molar-refractivity contribution in [1.82, 2.24) is 10.3 Å². The van der Waals surface area contributed by atoms with Crippen LogP contribution in [0.25, 0.3) is 0 Å². The molecule has 1 rings (SSSR count). The molecule has 0 saturated carbocycles. The lowest BCUT2D eigenvalue weighted by atomic mass is 10.4. The normalized spacial score (nSPS) is 10.0. The minimum Gasteiger partial charge on any atom is -0.373 e. The molecule has 5 nitrogen and oxygen atoms in total. The molecule has 0 aliphatic carbocycles. The molecule has 1 aromatic rings. The number of pyridine rings is 1. The number of carbonyl (C=O) groups excluding carboxylic acids is 1. The van der Waals surface area contributed by atoms with Crippen LogP contribution in [0.5, 0.6) is 0 Å². The summed E-state index contributed by atoms with van der Waals surface area (Å²) in [5.41, 5.74) is 0. The summed E-state index contributed by atoms with van der Waals surface area (Å²) in [5.74, 6) is 1.42. The van der Waals surface area contributed by atoms with Crippen molar-refractivity contribution in [1.29, 1.82) is 0 Å². The Bertz CT molecular complexity index is 352. The predicted molar refractivity (Wildman–Crippen MR) is 65.6 cm³/mol. The molecule has 3 N–H and O–H groups in total. The van der Waals surface area contributed by atoms with Crippen LogP contribution in [0, 0.1) is 0 Å². The quantitative estimate of drug-likeness (QED) is 0.697. The van der Waals surface area contributed by atoms with Crippen LogP contribution in [0.15, 0.2) is 18.2 Å². The second-order valence-electron chi connectivity index (χ2n) is 3.73. The van der Waals surface area contributed by atoms with Crippen molar-refractivity contribution in [2.24, 2.45) is 0 Å². The molecule has 1 amide bonds. The monoisotopic (exact) mass is 222 g/mol. The van der Waals surface area contributed by atoms with Gasteiger partial charge < -0.3 is 16.0 Å². The van der Waals surface area contributed by atoms with E-state index in [0.717, 1.165) is 5.82 Å². The van der Waals surface area contributed by atoms with E-state index >= 15 is 0 Å². The summed E-state index contributed by atoms with van der Waals surface area (Å²) in [7, 11) is 1.80. The number of hydrogen-bond donors (Lipinski definition) is 3. The number of amides is 1. The van der Waals surface area contributed by atoms with E-state index in [1.165, 1.54) is 0 Å². The van der Waals surface area contributed by atoms with Gasteiger partial charge in [-0.25, -0.2) is 4.98 Å². The van der Waals surface area contributed by atoms with Crippen LogP contribution in [-0.2, 0) is 4.79 Å². The number of carbonyl (C=O) groups is 1. The minimum absolute atomic E-state index is 0.0355. The lowest BCUT2D eigenvalue weighted by molar-refractivity contribution is -0.119. The van der Waals surface area contributed by atoms with Gasteiger partial charge in [0, 0.05) is 13.1 Å². The third kappa shape index (κ3) is 4.16. The summed E-state index contributed by atoms with van der Waals surface area (Å²) >= 11 is 0. The fourth-order valence-electron chi connectivity index (χ4n) is 1.22. The Hall–Kier alpha value is -1.78. The number of hydrogen-bond acceptors (Lipinski definition) is 4. The molecule has 0 fully saturated rings. The molecule has 0 saturated heterocycles. The van der Waals surface area contributed by atoms with Crippen LogP contribution in [0.4, 0.5) is 11.6 Å². The van der Waals surface area contributed by atoms with E-state index in [-0.39, 0.29) is 18.5 Å². The summed E-state index contributed by atoms with van der Waals surface area (Å²) in [4.78, 5) is 15.6. The van der Waals surface area contributed by atoms with Gasteiger partial charge in [0.25, 0.3) is 0 Å². The first-order chi connectivity index (χ1) is 7.61. The number of rotatable bonds is 5. The lowest BCUT2D eigenvalue weighted by Gasteiger charge is -2.10. The van der Waals surface area contributed by atoms with Crippen LogP contribution < -0.4 is 16.0 Å². The highest BCUT2D eigenvalue weighted by molar-refractivity contribution is 5.80. The standard InChI is InChI=1S/C11H18N4O/c1-8(2)14-11(16)7-13-10-6-4-5-9(12-3)15-10/h4-6,8H,7H2,1-3H3,(H,14,16)(H2,12,13,15). The minimum atomic E-state index is -0.0355. The second-order valence-corrected chi connectivity index (χ2v) is 3.73. The zero-order valence-electron chi connectivity index (χ0n) is 9.87. The van der Waals surface area contributed by atoms with Gasteiger partial charge in [-0.15, -0.1) is 0 Å². The smallest absolute Gasteiger partial charge is 0.239 e. The molecule has 1 aromatic heterocycles. The van der Waals surface area contributed by atoms with Crippen molar-refractivity contribution in [3.8, 4) is 0 Å². The van der Waals surface area contributed by atoms with Gasteiger partial charge in [-0.05, 0) is 26.0 Å². The van der Waals surface area contributed by atoms with E-state index in [0.29, 0.717) is 5.82 Å². The number of aromatic nitrogens is 1. The van der Waals surface area contributed by atoms with Crippen molar-refractivity contribution >= 4 is 17.5 Å². The molecule has 16 heavy (non-hydrogen) atoms. The van der Waals surface area contributed by atoms with E-state index in [2.05, 4.69) is 20.9 Å². The van der Waals surface area contributed by atoms with Crippen LogP contribution in [-0.4, -0.2) is 30.5 Å². The zero-order valence-corrected chi connectivity index (χ0v) is 9.87. The number of nitrogens with one attached hydrogen (secondary N) is 3. The van der Waals surface area contributed by atoms with Gasteiger partial charge in [-0.1, -0.05) is 6.07 Å². The van der Waals surface area contributed by atoms with Crippen molar-refractivity contribution in [2.75, 3.05) is 24.2 Å². The fourth-order valence-corrected chi connectivity index (χ4v) is 1.22. The summed E-state index contributed by atoms with van der Waals surface area (Å²) in [5, 5.41) is 8.69. The van der Waals surface area contributed by atoms with Gasteiger partial charge in [-0.3, -0.25) is 4.79 Å². The van der Waals surface area contributed by atoms with E-state index < -0.39 is 0 Å². The average Bonchev–Trinajstić information content (AvgIpc) is 2.26. The maximum atomic E-state index is 11.4. The summed E-state index contributed by atoms with van der Waals surface area (Å²) in [6.07, 6.45) is 0. The maximum Gasteiger partial charge on any atom is 0.239 e. The van der Waals surface area contributed by atoms with E-state index in [9.17, 15) is 4.79 Å². The summed E-state index contributed by atoms with van der Waals surface area (Å²) < 4.78 is 0. The van der Waals surface area contributed by atoms with E-state index in [4.69, 9.17) is 0 Å². The Morgan fingerprint density at radius 2 is 2.06 bits per heavy atom. The Morgan fingerprint density at radius 1 is 1.38 bits per heavy atom. The molecule has 88 valence electrons. The lowest BCUT2D eigenvalue weighted by Crippen LogP contribution is -2.34. The van der Waals surface area contributed by atoms with Crippen LogP contribution in [0.3, 0.4) is 0 Å². The molecule has 0 unspecified atom stereocenters. The topological polar surface area (TPSA) is 66.0 Å². The van der Waals surface area contributed by atoms with Gasteiger partial charge in [0.15, 0.2) is 0 Å². The highest BCUT2D eigenvalue weighted by atomic mass is 16.1. The van der Waals surface area contributed by atoms with Crippen molar-refractivity contribution in [3.63, 3.8) is 0 Å². The molecule has 0 spiro atoms. The highest BCUT2D eigenvalue weighted by Crippen LogP contribution is 2.07. The Kier molecular flexibility index (Phi) is 4.57. The first kappa shape index (κ1) is 12.3. The van der Waals surface area contributed by atoms with Crippen molar-refractivity contribution in [3.05, 3.63) is 18.2 Å². The SMILES string of the molecule is CNc1cccc(NCC(=O)NC(C)C)n1. The van der Waals surface area contributed by atoms with Gasteiger partial charge >= 0.3 is 0 Å². The Labute approximate surface area is 95.7 Å². The van der Waals surface area contributed by atoms with Crippen LogP contribution in [0.2, 0.25) is 0 Å². The molecular weight excluding hydrogens is 204 g/mol. The molecule has 0 aliphatic rings. The summed E-state index contributed by atoms with van der Waals surface area (Å²) in [6.45, 7) is 4.09. The number of anilines is 2. The van der Waals surface area contributed by atoms with Crippen molar-refractivity contribution in [2.45, 2.75) is 19.9 Å². The number of nitrogens with zero attached hydrogens (tertiary/aromatic N) is 1. The van der Waals surface area contributed by atoms with Crippen molar-refractivity contribution < 1.29 is 4.79 Å². The van der Waals surface area contributed by atoms with Crippen LogP contribution in [0.1, 0.15) is 13.8 Å². The third-order valence-electron chi connectivity index (χ3n) is 1.88. The molecule has 0 bridgehead atoms. The fraction of sp³-hybridized carbons (Fsp3) is 0.455. The van der Waals surface area contributed by atoms with E-state index in [1.807, 2.05) is 32.0 Å². The van der Waals surface area contributed by atoms with Gasteiger partial charge in [0.2, 0.25) is 5.91 Å².